The molecule has 0 aliphatic rings. The zero-order valence-electron chi connectivity index (χ0n) is 9.76. The highest BCUT2D eigenvalue weighted by atomic mass is 32.2. The van der Waals surface area contributed by atoms with Crippen LogP contribution in [0.2, 0.25) is 0 Å². The Morgan fingerprint density at radius 2 is 2.11 bits per heavy atom. The topological polar surface area (TPSA) is 53.6 Å². The third kappa shape index (κ3) is 2.96. The lowest BCUT2D eigenvalue weighted by molar-refractivity contribution is 0.425. The van der Waals surface area contributed by atoms with Crippen molar-refractivity contribution in [3.05, 3.63) is 47.7 Å². The molecule has 18 heavy (non-hydrogen) atoms. The minimum Gasteiger partial charge on any atom is -0.468 e. The van der Waals surface area contributed by atoms with Gasteiger partial charge in [0.15, 0.2) is 0 Å². The van der Waals surface area contributed by atoms with Crippen LogP contribution < -0.4 is 5.46 Å². The SMILES string of the molecule is Cc1occc1SCc1ccc(B(O)O)cc1F. The first-order chi connectivity index (χ1) is 8.58. The second-order valence-electron chi connectivity index (χ2n) is 3.85. The van der Waals surface area contributed by atoms with Crippen molar-refractivity contribution in [2.24, 2.45) is 0 Å². The van der Waals surface area contributed by atoms with E-state index in [4.69, 9.17) is 14.5 Å². The van der Waals surface area contributed by atoms with E-state index in [0.717, 1.165) is 16.7 Å². The van der Waals surface area contributed by atoms with Gasteiger partial charge in [-0.3, -0.25) is 0 Å². The van der Waals surface area contributed by atoms with Crippen LogP contribution in [0.15, 0.2) is 39.8 Å². The van der Waals surface area contributed by atoms with Crippen molar-refractivity contribution in [1.82, 2.24) is 0 Å². The molecule has 0 fully saturated rings. The van der Waals surface area contributed by atoms with Gasteiger partial charge in [0.1, 0.15) is 11.6 Å². The molecule has 6 heteroatoms. The van der Waals surface area contributed by atoms with Gasteiger partial charge in [0.2, 0.25) is 0 Å². The van der Waals surface area contributed by atoms with Gasteiger partial charge in [0.25, 0.3) is 0 Å². The van der Waals surface area contributed by atoms with E-state index in [1.54, 1.807) is 12.3 Å². The van der Waals surface area contributed by atoms with Crippen LogP contribution in [-0.4, -0.2) is 17.2 Å². The van der Waals surface area contributed by atoms with Gasteiger partial charge in [-0.05, 0) is 30.1 Å². The number of halogens is 1. The van der Waals surface area contributed by atoms with E-state index in [2.05, 4.69) is 0 Å². The molecule has 1 aromatic carbocycles. The summed E-state index contributed by atoms with van der Waals surface area (Å²) in [6, 6.07) is 6.05. The van der Waals surface area contributed by atoms with Gasteiger partial charge in [-0.15, -0.1) is 11.8 Å². The van der Waals surface area contributed by atoms with Crippen molar-refractivity contribution in [3.63, 3.8) is 0 Å². The summed E-state index contributed by atoms with van der Waals surface area (Å²) in [4.78, 5) is 0.973. The third-order valence-corrected chi connectivity index (χ3v) is 3.76. The van der Waals surface area contributed by atoms with E-state index in [0.29, 0.717) is 11.3 Å². The van der Waals surface area contributed by atoms with Crippen LogP contribution in [0.4, 0.5) is 4.39 Å². The third-order valence-electron chi connectivity index (χ3n) is 2.57. The average molecular weight is 266 g/mol. The maximum atomic E-state index is 13.7. The standard InChI is InChI=1S/C12H12BFO3S/c1-8-12(4-5-17-8)18-7-9-2-3-10(13(15)16)6-11(9)14/h2-6,15-16H,7H2,1H3. The Balaban J connectivity index is 2.08. The number of benzene rings is 1. The molecule has 2 N–H and O–H groups in total. The Bertz CT molecular complexity index is 542. The zero-order valence-corrected chi connectivity index (χ0v) is 10.6. The smallest absolute Gasteiger partial charge is 0.468 e. The average Bonchev–Trinajstić information content (AvgIpc) is 2.73. The number of furan rings is 1. The molecule has 1 aromatic heterocycles. The summed E-state index contributed by atoms with van der Waals surface area (Å²) >= 11 is 1.48. The van der Waals surface area contributed by atoms with Crippen molar-refractivity contribution in [2.75, 3.05) is 0 Å². The van der Waals surface area contributed by atoms with E-state index < -0.39 is 12.9 Å². The highest BCUT2D eigenvalue weighted by molar-refractivity contribution is 7.98. The Morgan fingerprint density at radius 3 is 2.67 bits per heavy atom. The van der Waals surface area contributed by atoms with Crippen LogP contribution in [0.25, 0.3) is 0 Å². The van der Waals surface area contributed by atoms with Crippen LogP contribution in [0.3, 0.4) is 0 Å². The van der Waals surface area contributed by atoms with Gasteiger partial charge in [-0.2, -0.15) is 0 Å². The van der Waals surface area contributed by atoms with Crippen LogP contribution in [-0.2, 0) is 5.75 Å². The van der Waals surface area contributed by atoms with E-state index in [-0.39, 0.29) is 5.46 Å². The lowest BCUT2D eigenvalue weighted by Crippen LogP contribution is -2.30. The van der Waals surface area contributed by atoms with E-state index in [1.807, 2.05) is 13.0 Å². The molecule has 0 amide bonds. The summed E-state index contributed by atoms with van der Waals surface area (Å²) in [6.45, 7) is 1.85. The summed E-state index contributed by atoms with van der Waals surface area (Å²) in [6.07, 6.45) is 1.60. The maximum absolute atomic E-state index is 13.7. The van der Waals surface area contributed by atoms with Gasteiger partial charge in [0.05, 0.1) is 6.26 Å². The number of rotatable bonds is 4. The Labute approximate surface area is 109 Å². The quantitative estimate of drug-likeness (QED) is 0.653. The minimum absolute atomic E-state index is 0.153. The predicted octanol–water partition coefficient (Wildman–Crippen LogP) is 1.70. The molecule has 0 aliphatic heterocycles. The molecular weight excluding hydrogens is 254 g/mol. The van der Waals surface area contributed by atoms with Gasteiger partial charge >= 0.3 is 7.12 Å². The minimum atomic E-state index is -1.64. The molecule has 0 atom stereocenters. The van der Waals surface area contributed by atoms with Crippen LogP contribution in [0, 0.1) is 12.7 Å². The van der Waals surface area contributed by atoms with Crippen molar-refractivity contribution >= 4 is 24.3 Å². The van der Waals surface area contributed by atoms with E-state index in [1.165, 1.54) is 17.8 Å². The lowest BCUT2D eigenvalue weighted by Gasteiger charge is -2.05. The summed E-state index contributed by atoms with van der Waals surface area (Å²) in [5, 5.41) is 17.9. The monoisotopic (exact) mass is 266 g/mol. The largest absolute Gasteiger partial charge is 0.488 e. The van der Waals surface area contributed by atoms with Gasteiger partial charge in [-0.1, -0.05) is 12.1 Å². The van der Waals surface area contributed by atoms with Gasteiger partial charge in [-0.25, -0.2) is 4.39 Å². The molecule has 0 unspecified atom stereocenters. The van der Waals surface area contributed by atoms with E-state index >= 15 is 0 Å². The lowest BCUT2D eigenvalue weighted by atomic mass is 9.80. The van der Waals surface area contributed by atoms with Crippen molar-refractivity contribution < 1.29 is 18.9 Å². The summed E-state index contributed by atoms with van der Waals surface area (Å²) in [7, 11) is -1.64. The van der Waals surface area contributed by atoms with Gasteiger partial charge < -0.3 is 14.5 Å². The highest BCUT2D eigenvalue weighted by Gasteiger charge is 2.13. The summed E-state index contributed by atoms with van der Waals surface area (Å²) in [5.74, 6) is 0.839. The Hall–Kier alpha value is -1.24. The molecule has 1 heterocycles. The molecule has 94 valence electrons. The van der Waals surface area contributed by atoms with Crippen molar-refractivity contribution in [1.29, 1.82) is 0 Å². The maximum Gasteiger partial charge on any atom is 0.488 e. The first-order valence-corrected chi connectivity index (χ1v) is 6.38. The van der Waals surface area contributed by atoms with Crippen LogP contribution in [0.1, 0.15) is 11.3 Å². The molecule has 0 bridgehead atoms. The Morgan fingerprint density at radius 1 is 1.33 bits per heavy atom. The predicted molar refractivity (Wildman–Crippen MR) is 69.2 cm³/mol. The normalized spacial score (nSPS) is 10.7. The number of hydrogen-bond donors (Lipinski definition) is 2. The zero-order chi connectivity index (χ0) is 13.1. The van der Waals surface area contributed by atoms with Crippen LogP contribution in [0.5, 0.6) is 0 Å². The Kier molecular flexibility index (Phi) is 4.11. The fraction of sp³-hybridized carbons (Fsp3) is 0.167. The van der Waals surface area contributed by atoms with Crippen LogP contribution >= 0.6 is 11.8 Å². The molecular formula is C12H12BFO3S. The molecule has 0 saturated heterocycles. The first-order valence-electron chi connectivity index (χ1n) is 5.39. The van der Waals surface area contributed by atoms with Gasteiger partial charge in [0, 0.05) is 10.6 Å². The number of aryl methyl sites for hydroxylation is 1. The molecule has 0 spiro atoms. The molecule has 2 rings (SSSR count). The van der Waals surface area contributed by atoms with Crippen molar-refractivity contribution in [3.8, 4) is 0 Å². The second kappa shape index (κ2) is 5.60. The fourth-order valence-corrected chi connectivity index (χ4v) is 2.47. The number of thioether (sulfide) groups is 1. The van der Waals surface area contributed by atoms with E-state index in [9.17, 15) is 4.39 Å². The number of hydrogen-bond acceptors (Lipinski definition) is 4. The molecule has 0 radical (unpaired) electrons. The molecule has 0 saturated carbocycles. The summed E-state index contributed by atoms with van der Waals surface area (Å²) in [5.41, 5.74) is 0.672. The summed E-state index contributed by atoms with van der Waals surface area (Å²) < 4.78 is 18.8. The second-order valence-corrected chi connectivity index (χ2v) is 4.87. The molecule has 0 aliphatic carbocycles. The fourth-order valence-electron chi connectivity index (χ4n) is 1.52. The first kappa shape index (κ1) is 13.2. The van der Waals surface area contributed by atoms with Crippen molar-refractivity contribution in [2.45, 2.75) is 17.6 Å². The molecule has 3 nitrogen and oxygen atoms in total. The molecule has 2 aromatic rings. The highest BCUT2D eigenvalue weighted by Crippen LogP contribution is 2.27.